The van der Waals surface area contributed by atoms with Crippen molar-refractivity contribution < 1.29 is 14.3 Å². The molecule has 0 spiro atoms. The molecule has 5 heteroatoms. The van der Waals surface area contributed by atoms with Gasteiger partial charge in [-0.05, 0) is 86.7 Å². The van der Waals surface area contributed by atoms with Gasteiger partial charge >= 0.3 is 0 Å². The topological polar surface area (TPSA) is 40.0 Å². The largest absolute Gasteiger partial charge is 0.493 e. The lowest BCUT2D eigenvalue weighted by Crippen LogP contribution is -2.02. The normalized spacial score (nSPS) is 11.3. The molecule has 0 unspecified atom stereocenters. The Kier molecular flexibility index (Phi) is 10.9. The Morgan fingerprint density at radius 1 is 0.967 bits per heavy atom. The number of oxime groups is 1. The number of thioether (sulfide) groups is 1. The summed E-state index contributed by atoms with van der Waals surface area (Å²) in [4.78, 5) is 5.98. The summed E-state index contributed by atoms with van der Waals surface area (Å²) in [5.74, 6) is 2.99. The number of aryl methyl sites for hydroxylation is 2. The molecule has 30 heavy (non-hydrogen) atoms. The van der Waals surface area contributed by atoms with E-state index in [9.17, 15) is 0 Å². The summed E-state index contributed by atoms with van der Waals surface area (Å²) >= 11 is 1.89. The third-order valence-corrected chi connectivity index (χ3v) is 5.61. The van der Waals surface area contributed by atoms with Gasteiger partial charge in [0.25, 0.3) is 0 Å². The standard InChI is InChI=1S/C25H33NO3S/c1-5-6-14-28-23-17-20(2)25(21(3)18-23)29-15-8-7-9-16-30-24-12-10-22(11-13-24)19-26-27-4/h5-6,10-13,17-19H,7-9,14-16H2,1-4H3/b6-5+,26-19+. The fraction of sp³-hybridized carbons (Fsp3) is 0.400. The van der Waals surface area contributed by atoms with Crippen LogP contribution in [0, 0.1) is 13.8 Å². The summed E-state index contributed by atoms with van der Waals surface area (Å²) in [7, 11) is 1.55. The highest BCUT2D eigenvalue weighted by Gasteiger charge is 2.07. The van der Waals surface area contributed by atoms with Gasteiger partial charge in [-0.2, -0.15) is 0 Å². The number of nitrogens with zero attached hydrogens (tertiary/aromatic N) is 1. The number of rotatable bonds is 13. The molecule has 0 aliphatic rings. The lowest BCUT2D eigenvalue weighted by atomic mass is 10.1. The van der Waals surface area contributed by atoms with Crippen molar-refractivity contribution in [2.45, 2.75) is 44.9 Å². The minimum Gasteiger partial charge on any atom is -0.493 e. The molecule has 0 bridgehead atoms. The monoisotopic (exact) mass is 427 g/mol. The summed E-state index contributed by atoms with van der Waals surface area (Å²) in [5.41, 5.74) is 3.29. The number of unbranched alkanes of at least 4 members (excludes halogenated alkanes) is 2. The molecule has 2 aromatic carbocycles. The van der Waals surface area contributed by atoms with Gasteiger partial charge in [0, 0.05) is 4.90 Å². The summed E-state index contributed by atoms with van der Waals surface area (Å²) in [5, 5.41) is 3.78. The van der Waals surface area contributed by atoms with Crippen molar-refractivity contribution in [1.29, 1.82) is 0 Å². The van der Waals surface area contributed by atoms with Gasteiger partial charge in [-0.25, -0.2) is 0 Å². The lowest BCUT2D eigenvalue weighted by molar-refractivity contribution is 0.215. The van der Waals surface area contributed by atoms with E-state index in [1.165, 1.54) is 11.3 Å². The van der Waals surface area contributed by atoms with E-state index in [1.54, 1.807) is 13.3 Å². The first-order valence-corrected chi connectivity index (χ1v) is 11.4. The van der Waals surface area contributed by atoms with Gasteiger partial charge in [0.1, 0.15) is 25.2 Å². The Hall–Kier alpha value is -2.40. The van der Waals surface area contributed by atoms with E-state index in [0.29, 0.717) is 6.61 Å². The lowest BCUT2D eigenvalue weighted by Gasteiger charge is -2.14. The Morgan fingerprint density at radius 2 is 1.70 bits per heavy atom. The van der Waals surface area contributed by atoms with Crippen LogP contribution in [0.3, 0.4) is 0 Å². The van der Waals surface area contributed by atoms with Crippen LogP contribution in [0.15, 0.2) is 58.6 Å². The summed E-state index contributed by atoms with van der Waals surface area (Å²) < 4.78 is 11.8. The Balaban J connectivity index is 1.65. The predicted molar refractivity (Wildman–Crippen MR) is 127 cm³/mol. The van der Waals surface area contributed by atoms with Gasteiger partial charge in [0.05, 0.1) is 12.8 Å². The third-order valence-electron chi connectivity index (χ3n) is 4.51. The Labute approximate surface area is 185 Å². The maximum atomic E-state index is 6.06. The first kappa shape index (κ1) is 23.9. The SMILES string of the molecule is C/C=C/COc1cc(C)c(OCCCCCSc2ccc(/C=N/OC)cc2)c(C)c1. The van der Waals surface area contributed by atoms with Crippen LogP contribution in [0.5, 0.6) is 11.5 Å². The first-order valence-electron chi connectivity index (χ1n) is 10.4. The zero-order chi connectivity index (χ0) is 21.6. The van der Waals surface area contributed by atoms with E-state index in [2.05, 4.69) is 55.4 Å². The molecule has 2 aromatic rings. The van der Waals surface area contributed by atoms with E-state index in [-0.39, 0.29) is 0 Å². The second-order valence-electron chi connectivity index (χ2n) is 7.01. The zero-order valence-electron chi connectivity index (χ0n) is 18.5. The number of hydrogen-bond acceptors (Lipinski definition) is 5. The molecule has 0 amide bonds. The fourth-order valence-corrected chi connectivity index (χ4v) is 3.88. The van der Waals surface area contributed by atoms with E-state index in [1.807, 2.05) is 30.8 Å². The maximum absolute atomic E-state index is 6.06. The highest BCUT2D eigenvalue weighted by Crippen LogP contribution is 2.29. The molecule has 0 saturated heterocycles. The molecule has 162 valence electrons. The van der Waals surface area contributed by atoms with Crippen molar-refractivity contribution in [2.75, 3.05) is 26.1 Å². The molecule has 0 fully saturated rings. The minimum atomic E-state index is 0.597. The number of ether oxygens (including phenoxy) is 2. The second-order valence-corrected chi connectivity index (χ2v) is 8.18. The van der Waals surface area contributed by atoms with Crippen molar-refractivity contribution in [3.63, 3.8) is 0 Å². The molecule has 0 radical (unpaired) electrons. The predicted octanol–water partition coefficient (Wildman–Crippen LogP) is 6.58. The highest BCUT2D eigenvalue weighted by molar-refractivity contribution is 7.99. The summed E-state index contributed by atoms with van der Waals surface area (Å²) in [6.45, 7) is 7.49. The van der Waals surface area contributed by atoms with Crippen LogP contribution in [-0.2, 0) is 4.84 Å². The van der Waals surface area contributed by atoms with E-state index >= 15 is 0 Å². The van der Waals surface area contributed by atoms with Crippen molar-refractivity contribution in [3.05, 3.63) is 65.2 Å². The van der Waals surface area contributed by atoms with Crippen molar-refractivity contribution in [3.8, 4) is 11.5 Å². The van der Waals surface area contributed by atoms with Crippen molar-refractivity contribution in [2.24, 2.45) is 5.16 Å². The molecule has 0 aliphatic heterocycles. The molecule has 0 N–H and O–H groups in total. The van der Waals surface area contributed by atoms with Crippen LogP contribution in [0.1, 0.15) is 42.9 Å². The summed E-state index contributed by atoms with van der Waals surface area (Å²) in [6.07, 6.45) is 9.10. The summed E-state index contributed by atoms with van der Waals surface area (Å²) in [6, 6.07) is 12.5. The van der Waals surface area contributed by atoms with Gasteiger partial charge in [-0.3, -0.25) is 0 Å². The van der Waals surface area contributed by atoms with Crippen LogP contribution in [0.2, 0.25) is 0 Å². The van der Waals surface area contributed by atoms with Crippen molar-refractivity contribution in [1.82, 2.24) is 0 Å². The van der Waals surface area contributed by atoms with Crippen LogP contribution in [-0.4, -0.2) is 32.3 Å². The van der Waals surface area contributed by atoms with Gasteiger partial charge in [0.15, 0.2) is 0 Å². The van der Waals surface area contributed by atoms with E-state index in [0.717, 1.165) is 53.4 Å². The second kappa shape index (κ2) is 13.8. The molecule has 0 saturated carbocycles. The highest BCUT2D eigenvalue weighted by atomic mass is 32.2. The van der Waals surface area contributed by atoms with Crippen LogP contribution < -0.4 is 9.47 Å². The maximum Gasteiger partial charge on any atom is 0.125 e. The van der Waals surface area contributed by atoms with Crippen molar-refractivity contribution >= 4 is 18.0 Å². The molecular formula is C25H33NO3S. The third kappa shape index (κ3) is 8.54. The molecule has 0 heterocycles. The molecule has 4 nitrogen and oxygen atoms in total. The number of hydrogen-bond donors (Lipinski definition) is 0. The Morgan fingerprint density at radius 3 is 2.37 bits per heavy atom. The molecule has 2 rings (SSSR count). The molecule has 0 aliphatic carbocycles. The molecule has 0 aromatic heterocycles. The molecule has 0 atom stereocenters. The first-order chi connectivity index (χ1) is 14.6. The van der Waals surface area contributed by atoms with Gasteiger partial charge in [-0.15, -0.1) is 11.8 Å². The van der Waals surface area contributed by atoms with Gasteiger partial charge < -0.3 is 14.3 Å². The van der Waals surface area contributed by atoms with Crippen LogP contribution in [0.4, 0.5) is 0 Å². The minimum absolute atomic E-state index is 0.597. The van der Waals surface area contributed by atoms with Gasteiger partial charge in [0.2, 0.25) is 0 Å². The average Bonchev–Trinajstić information content (AvgIpc) is 2.74. The van der Waals surface area contributed by atoms with E-state index in [4.69, 9.17) is 14.3 Å². The fourth-order valence-electron chi connectivity index (χ4n) is 2.97. The number of benzene rings is 2. The smallest absolute Gasteiger partial charge is 0.125 e. The van der Waals surface area contributed by atoms with Gasteiger partial charge in [-0.1, -0.05) is 29.4 Å². The molecular weight excluding hydrogens is 394 g/mol. The van der Waals surface area contributed by atoms with E-state index < -0.39 is 0 Å². The Bertz CT molecular complexity index is 793. The number of allylic oxidation sites excluding steroid dienone is 1. The quantitative estimate of drug-likeness (QED) is 0.119. The van der Waals surface area contributed by atoms with Crippen LogP contribution >= 0.6 is 11.8 Å². The average molecular weight is 428 g/mol. The van der Waals surface area contributed by atoms with Crippen LogP contribution in [0.25, 0.3) is 0 Å². The zero-order valence-corrected chi connectivity index (χ0v) is 19.3.